The summed E-state index contributed by atoms with van der Waals surface area (Å²) in [6, 6.07) is 48.0. The Morgan fingerprint density at radius 1 is 0.409 bits per heavy atom. The van der Waals surface area contributed by atoms with Crippen molar-refractivity contribution in [3.63, 3.8) is 0 Å². The van der Waals surface area contributed by atoms with Crippen LogP contribution in [-0.2, 0) is 0 Å². The number of rotatable bonds is 4. The third kappa shape index (κ3) is 4.09. The Labute approximate surface area is 256 Å². The van der Waals surface area contributed by atoms with Crippen molar-refractivity contribution >= 4 is 53.4 Å². The predicted molar refractivity (Wildman–Crippen MR) is 182 cm³/mol. The van der Waals surface area contributed by atoms with Gasteiger partial charge in [0.25, 0.3) is 0 Å². The highest BCUT2D eigenvalue weighted by Gasteiger charge is 2.16. The summed E-state index contributed by atoms with van der Waals surface area (Å²) in [5.41, 5.74) is 7.04. The molecule has 0 fully saturated rings. The van der Waals surface area contributed by atoms with Crippen molar-refractivity contribution < 1.29 is 4.42 Å². The van der Waals surface area contributed by atoms with E-state index in [0.717, 1.165) is 44.2 Å². The molecule has 0 radical (unpaired) electrons. The second kappa shape index (κ2) is 9.97. The van der Waals surface area contributed by atoms with E-state index >= 15 is 0 Å². The van der Waals surface area contributed by atoms with Gasteiger partial charge in [-0.3, -0.25) is 0 Å². The van der Waals surface area contributed by atoms with Crippen LogP contribution in [0, 0.1) is 0 Å². The van der Waals surface area contributed by atoms with E-state index < -0.39 is 0 Å². The van der Waals surface area contributed by atoms with Crippen LogP contribution in [0.2, 0.25) is 0 Å². The lowest BCUT2D eigenvalue weighted by Gasteiger charge is -2.08. The first-order valence-corrected chi connectivity index (χ1v) is 15.3. The van der Waals surface area contributed by atoms with Gasteiger partial charge in [0.05, 0.1) is 0 Å². The highest BCUT2D eigenvalue weighted by Crippen LogP contribution is 2.42. The molecule has 0 spiro atoms. The van der Waals surface area contributed by atoms with Crippen LogP contribution in [0.25, 0.3) is 87.4 Å². The molecule has 9 rings (SSSR count). The summed E-state index contributed by atoms with van der Waals surface area (Å²) in [4.78, 5) is 14.8. The Bertz CT molecular complexity index is 2440. The van der Waals surface area contributed by atoms with Crippen LogP contribution < -0.4 is 0 Å². The maximum Gasteiger partial charge on any atom is 0.164 e. The molecule has 5 heteroatoms. The van der Waals surface area contributed by atoms with Crippen molar-refractivity contribution in [3.05, 3.63) is 140 Å². The SMILES string of the molecule is c1ccc(-c2nc(-c3ccccc3)nc(-c3ccc4sc5c(-c6ccc7c(c6)oc6ccccc67)cccc5c4c3)n2)cc1. The van der Waals surface area contributed by atoms with Crippen LogP contribution in [0.4, 0.5) is 0 Å². The number of thiophene rings is 1. The van der Waals surface area contributed by atoms with Crippen molar-refractivity contribution in [1.82, 2.24) is 15.0 Å². The molecule has 6 aromatic carbocycles. The van der Waals surface area contributed by atoms with Crippen molar-refractivity contribution in [1.29, 1.82) is 0 Å². The molecule has 3 heterocycles. The number of fused-ring (bicyclic) bond motifs is 6. The smallest absolute Gasteiger partial charge is 0.164 e. The molecule has 0 atom stereocenters. The maximum atomic E-state index is 6.22. The highest BCUT2D eigenvalue weighted by atomic mass is 32.1. The van der Waals surface area contributed by atoms with Gasteiger partial charge in [0.15, 0.2) is 17.5 Å². The molecule has 44 heavy (non-hydrogen) atoms. The molecule has 0 aliphatic rings. The summed E-state index contributed by atoms with van der Waals surface area (Å²) < 4.78 is 8.69. The number of hydrogen-bond donors (Lipinski definition) is 0. The number of hydrogen-bond acceptors (Lipinski definition) is 5. The lowest BCUT2D eigenvalue weighted by atomic mass is 10.0. The van der Waals surface area contributed by atoms with Crippen molar-refractivity contribution in [3.8, 4) is 45.3 Å². The molecular weight excluding hydrogens is 559 g/mol. The van der Waals surface area contributed by atoms with Gasteiger partial charge in [-0.2, -0.15) is 0 Å². The van der Waals surface area contributed by atoms with Gasteiger partial charge in [-0.1, -0.05) is 103 Å². The number of para-hydroxylation sites is 1. The van der Waals surface area contributed by atoms with Crippen molar-refractivity contribution in [2.24, 2.45) is 0 Å². The first kappa shape index (κ1) is 24.9. The fourth-order valence-electron chi connectivity index (χ4n) is 6.00. The zero-order valence-electron chi connectivity index (χ0n) is 23.4. The van der Waals surface area contributed by atoms with Crippen LogP contribution in [0.3, 0.4) is 0 Å². The van der Waals surface area contributed by atoms with E-state index in [9.17, 15) is 0 Å². The first-order chi connectivity index (χ1) is 21.8. The van der Waals surface area contributed by atoms with Gasteiger partial charge < -0.3 is 4.42 Å². The minimum atomic E-state index is 0.658. The Morgan fingerprint density at radius 2 is 1.02 bits per heavy atom. The monoisotopic (exact) mass is 581 g/mol. The maximum absolute atomic E-state index is 6.22. The molecule has 0 bridgehead atoms. The van der Waals surface area contributed by atoms with E-state index in [0.29, 0.717) is 17.5 Å². The number of nitrogens with zero attached hydrogens (tertiary/aromatic N) is 3. The Kier molecular flexibility index (Phi) is 5.64. The van der Waals surface area contributed by atoms with Gasteiger partial charge in [-0.15, -0.1) is 11.3 Å². The first-order valence-electron chi connectivity index (χ1n) is 14.5. The molecule has 0 aliphatic heterocycles. The highest BCUT2D eigenvalue weighted by molar-refractivity contribution is 7.26. The zero-order valence-corrected chi connectivity index (χ0v) is 24.3. The second-order valence-electron chi connectivity index (χ2n) is 10.8. The summed E-state index contributed by atoms with van der Waals surface area (Å²) in [5.74, 6) is 1.98. The van der Waals surface area contributed by atoms with Gasteiger partial charge >= 0.3 is 0 Å². The van der Waals surface area contributed by atoms with E-state index in [4.69, 9.17) is 19.4 Å². The van der Waals surface area contributed by atoms with E-state index in [-0.39, 0.29) is 0 Å². The van der Waals surface area contributed by atoms with Gasteiger partial charge in [-0.25, -0.2) is 15.0 Å². The van der Waals surface area contributed by atoms with Gasteiger partial charge in [0, 0.05) is 47.6 Å². The Balaban J connectivity index is 1.20. The van der Waals surface area contributed by atoms with Crippen molar-refractivity contribution in [2.75, 3.05) is 0 Å². The summed E-state index contributed by atoms with van der Waals surface area (Å²) in [6.07, 6.45) is 0. The molecule has 9 aromatic rings. The summed E-state index contributed by atoms with van der Waals surface area (Å²) in [5, 5.41) is 4.69. The molecule has 206 valence electrons. The molecule has 3 aromatic heterocycles. The van der Waals surface area contributed by atoms with Gasteiger partial charge in [0.2, 0.25) is 0 Å². The summed E-state index contributed by atoms with van der Waals surface area (Å²) >= 11 is 1.81. The lowest BCUT2D eigenvalue weighted by Crippen LogP contribution is -2.00. The Hall–Kier alpha value is -5.65. The number of benzene rings is 6. The van der Waals surface area contributed by atoms with E-state index in [1.54, 1.807) is 0 Å². The summed E-state index contributed by atoms with van der Waals surface area (Å²) in [7, 11) is 0. The quantitative estimate of drug-likeness (QED) is 0.207. The molecule has 0 aliphatic carbocycles. The average Bonchev–Trinajstić information content (AvgIpc) is 3.66. The largest absolute Gasteiger partial charge is 0.456 e. The molecule has 4 nitrogen and oxygen atoms in total. The fourth-order valence-corrected chi connectivity index (χ4v) is 7.21. The fraction of sp³-hybridized carbons (Fsp3) is 0. The van der Waals surface area contributed by atoms with Gasteiger partial charge in [-0.05, 0) is 47.5 Å². The topological polar surface area (TPSA) is 51.8 Å². The van der Waals surface area contributed by atoms with Crippen molar-refractivity contribution in [2.45, 2.75) is 0 Å². The van der Waals surface area contributed by atoms with Crippen LogP contribution in [-0.4, -0.2) is 15.0 Å². The normalized spacial score (nSPS) is 11.6. The van der Waals surface area contributed by atoms with E-state index in [1.807, 2.05) is 84.1 Å². The number of furan rings is 1. The van der Waals surface area contributed by atoms with E-state index in [2.05, 4.69) is 66.7 Å². The predicted octanol–water partition coefficient (Wildman–Crippen LogP) is 10.8. The third-order valence-corrected chi connectivity index (χ3v) is 9.36. The molecule has 0 amide bonds. The molecular formula is C39H23N3OS. The van der Waals surface area contributed by atoms with E-state index in [1.165, 1.54) is 25.7 Å². The van der Waals surface area contributed by atoms with Crippen LogP contribution in [0.15, 0.2) is 144 Å². The summed E-state index contributed by atoms with van der Waals surface area (Å²) in [6.45, 7) is 0. The lowest BCUT2D eigenvalue weighted by molar-refractivity contribution is 0.669. The zero-order chi connectivity index (χ0) is 29.0. The molecule has 0 N–H and O–H groups in total. The van der Waals surface area contributed by atoms with Crippen LogP contribution in [0.1, 0.15) is 0 Å². The third-order valence-electron chi connectivity index (χ3n) is 8.14. The molecule has 0 saturated carbocycles. The van der Waals surface area contributed by atoms with Crippen LogP contribution >= 0.6 is 11.3 Å². The minimum absolute atomic E-state index is 0.658. The van der Waals surface area contributed by atoms with Gasteiger partial charge in [0.1, 0.15) is 11.2 Å². The Morgan fingerprint density at radius 3 is 1.77 bits per heavy atom. The van der Waals surface area contributed by atoms with Crippen LogP contribution in [0.5, 0.6) is 0 Å². The second-order valence-corrected chi connectivity index (χ2v) is 11.9. The standard InChI is InChI=1S/C39H23N3OS/c1-3-10-24(11-4-1)37-40-38(25-12-5-2-6-13-25)42-39(41-37)27-19-21-35-32(22-27)31-16-9-15-28(36(31)44-35)26-18-20-30-29-14-7-8-17-33(29)43-34(30)23-26/h1-23H. The molecule has 0 saturated heterocycles. The average molecular weight is 582 g/mol. The number of aromatic nitrogens is 3. The molecule has 0 unspecified atom stereocenters. The minimum Gasteiger partial charge on any atom is -0.456 e.